The number of carbonyl (C=O) groups is 1. The first kappa shape index (κ1) is 17.9. The quantitative estimate of drug-likeness (QED) is 0.320. The molecule has 0 fully saturated rings. The van der Waals surface area contributed by atoms with Crippen LogP contribution in [0.4, 0.5) is 0 Å². The van der Waals surface area contributed by atoms with Crippen molar-refractivity contribution in [1.82, 2.24) is 0 Å². The van der Waals surface area contributed by atoms with E-state index in [1.165, 1.54) is 0 Å². The highest BCUT2D eigenvalue weighted by Gasteiger charge is 2.21. The van der Waals surface area contributed by atoms with Crippen LogP contribution in [0.5, 0.6) is 0 Å². The van der Waals surface area contributed by atoms with Gasteiger partial charge in [-0.15, -0.1) is 0 Å². The van der Waals surface area contributed by atoms with Crippen molar-refractivity contribution in [1.29, 1.82) is 0 Å². The van der Waals surface area contributed by atoms with Crippen LogP contribution in [0.2, 0.25) is 0 Å². The van der Waals surface area contributed by atoms with Crippen molar-refractivity contribution in [3.05, 3.63) is 35.9 Å². The molecule has 3 heteroatoms. The van der Waals surface area contributed by atoms with E-state index in [-0.39, 0.29) is 5.78 Å². The van der Waals surface area contributed by atoms with Crippen LogP contribution in [-0.2, 0) is 9.47 Å². The molecule has 118 valence electrons. The monoisotopic (exact) mass is 292 g/mol. The molecule has 0 heterocycles. The van der Waals surface area contributed by atoms with Gasteiger partial charge >= 0.3 is 0 Å². The molecule has 21 heavy (non-hydrogen) atoms. The molecule has 0 bridgehead atoms. The zero-order valence-electron chi connectivity index (χ0n) is 13.3. The Labute approximate surface area is 128 Å². The molecule has 0 aliphatic carbocycles. The Morgan fingerprint density at radius 3 is 1.90 bits per heavy atom. The van der Waals surface area contributed by atoms with E-state index in [4.69, 9.17) is 9.47 Å². The zero-order valence-corrected chi connectivity index (χ0v) is 13.3. The molecule has 0 N–H and O–H groups in total. The zero-order chi connectivity index (χ0) is 15.3. The summed E-state index contributed by atoms with van der Waals surface area (Å²) in [6.45, 7) is 5.44. The summed E-state index contributed by atoms with van der Waals surface area (Å²) in [5, 5.41) is 0. The molecular formula is C18H28O3. The third kappa shape index (κ3) is 7.39. The van der Waals surface area contributed by atoms with E-state index in [1.54, 1.807) is 12.1 Å². The van der Waals surface area contributed by atoms with Crippen molar-refractivity contribution in [2.24, 2.45) is 0 Å². The van der Waals surface area contributed by atoms with Gasteiger partial charge in [0, 0.05) is 5.56 Å². The van der Waals surface area contributed by atoms with Crippen molar-refractivity contribution in [3.63, 3.8) is 0 Å². The number of ether oxygens (including phenoxy) is 2. The van der Waals surface area contributed by atoms with Gasteiger partial charge in [0.15, 0.2) is 0 Å². The van der Waals surface area contributed by atoms with Crippen LogP contribution in [0.3, 0.4) is 0 Å². The molecule has 0 saturated heterocycles. The summed E-state index contributed by atoms with van der Waals surface area (Å²) in [7, 11) is 0. The average Bonchev–Trinajstić information content (AvgIpc) is 2.53. The maximum Gasteiger partial charge on any atom is 0.222 e. The molecule has 0 unspecified atom stereocenters. The van der Waals surface area contributed by atoms with Crippen LogP contribution in [0.25, 0.3) is 0 Å². The first-order valence-corrected chi connectivity index (χ1v) is 8.12. The van der Waals surface area contributed by atoms with E-state index in [0.29, 0.717) is 18.8 Å². The number of ketones is 1. The number of rotatable bonds is 12. The SMILES string of the molecule is CCCCCOC(OCCCCC)C(=O)c1ccccc1. The van der Waals surface area contributed by atoms with E-state index < -0.39 is 6.29 Å². The normalized spacial score (nSPS) is 11.0. The minimum Gasteiger partial charge on any atom is -0.346 e. The van der Waals surface area contributed by atoms with Crippen LogP contribution in [-0.4, -0.2) is 25.3 Å². The van der Waals surface area contributed by atoms with E-state index >= 15 is 0 Å². The molecular weight excluding hydrogens is 264 g/mol. The van der Waals surface area contributed by atoms with Gasteiger partial charge in [-0.2, -0.15) is 0 Å². The van der Waals surface area contributed by atoms with Gasteiger partial charge in [0.05, 0.1) is 13.2 Å². The van der Waals surface area contributed by atoms with E-state index in [1.807, 2.05) is 18.2 Å². The highest BCUT2D eigenvalue weighted by atomic mass is 16.7. The van der Waals surface area contributed by atoms with Gasteiger partial charge in [-0.1, -0.05) is 69.9 Å². The summed E-state index contributed by atoms with van der Waals surface area (Å²) < 4.78 is 11.3. The number of unbranched alkanes of at least 4 members (excludes halogenated alkanes) is 4. The molecule has 1 aromatic carbocycles. The largest absolute Gasteiger partial charge is 0.346 e. The summed E-state index contributed by atoms with van der Waals surface area (Å²) in [6, 6.07) is 9.23. The van der Waals surface area contributed by atoms with Crippen molar-refractivity contribution in [2.75, 3.05) is 13.2 Å². The number of carbonyl (C=O) groups excluding carboxylic acids is 1. The molecule has 0 atom stereocenters. The summed E-state index contributed by atoms with van der Waals surface area (Å²) >= 11 is 0. The van der Waals surface area contributed by atoms with Crippen LogP contribution < -0.4 is 0 Å². The van der Waals surface area contributed by atoms with Crippen molar-refractivity contribution >= 4 is 5.78 Å². The Morgan fingerprint density at radius 1 is 0.905 bits per heavy atom. The van der Waals surface area contributed by atoms with E-state index in [0.717, 1.165) is 38.5 Å². The minimum absolute atomic E-state index is 0.0800. The van der Waals surface area contributed by atoms with Gasteiger partial charge < -0.3 is 9.47 Å². The van der Waals surface area contributed by atoms with Gasteiger partial charge in [0.1, 0.15) is 0 Å². The highest BCUT2D eigenvalue weighted by Crippen LogP contribution is 2.10. The molecule has 0 aliphatic rings. The molecule has 0 amide bonds. The lowest BCUT2D eigenvalue weighted by atomic mass is 10.1. The number of benzene rings is 1. The van der Waals surface area contributed by atoms with Crippen molar-refractivity contribution in [2.45, 2.75) is 58.7 Å². The van der Waals surface area contributed by atoms with Gasteiger partial charge in [-0.25, -0.2) is 0 Å². The molecule has 0 aromatic heterocycles. The Morgan fingerprint density at radius 2 is 1.43 bits per heavy atom. The van der Waals surface area contributed by atoms with E-state index in [2.05, 4.69) is 13.8 Å². The topological polar surface area (TPSA) is 35.5 Å². The fraction of sp³-hybridized carbons (Fsp3) is 0.611. The highest BCUT2D eigenvalue weighted by molar-refractivity contribution is 5.98. The van der Waals surface area contributed by atoms with Crippen LogP contribution in [0.15, 0.2) is 30.3 Å². The summed E-state index contributed by atoms with van der Waals surface area (Å²) in [5.74, 6) is -0.0800. The van der Waals surface area contributed by atoms with E-state index in [9.17, 15) is 4.79 Å². The smallest absolute Gasteiger partial charge is 0.222 e. The predicted octanol–water partition coefficient (Wildman–Crippen LogP) is 4.61. The Bertz CT molecular complexity index is 363. The second kappa shape index (κ2) is 11.5. The predicted molar refractivity (Wildman–Crippen MR) is 85.5 cm³/mol. The molecule has 3 nitrogen and oxygen atoms in total. The van der Waals surface area contributed by atoms with Crippen molar-refractivity contribution < 1.29 is 14.3 Å². The molecule has 1 aromatic rings. The summed E-state index contributed by atoms with van der Waals surface area (Å²) in [5.41, 5.74) is 0.647. The second-order valence-corrected chi connectivity index (χ2v) is 5.22. The van der Waals surface area contributed by atoms with Crippen LogP contribution in [0, 0.1) is 0 Å². The first-order chi connectivity index (χ1) is 10.3. The maximum atomic E-state index is 12.4. The molecule has 0 spiro atoms. The first-order valence-electron chi connectivity index (χ1n) is 8.12. The van der Waals surface area contributed by atoms with Gasteiger partial charge in [0.2, 0.25) is 12.1 Å². The Kier molecular flexibility index (Phi) is 9.75. The summed E-state index contributed by atoms with van der Waals surface area (Å²) in [6.07, 6.45) is 5.67. The number of hydrogen-bond acceptors (Lipinski definition) is 3. The molecule has 0 saturated carbocycles. The minimum atomic E-state index is -0.763. The molecule has 0 radical (unpaired) electrons. The van der Waals surface area contributed by atoms with Crippen molar-refractivity contribution in [3.8, 4) is 0 Å². The fourth-order valence-electron chi connectivity index (χ4n) is 2.02. The van der Waals surface area contributed by atoms with Gasteiger partial charge in [0.25, 0.3) is 0 Å². The standard InChI is InChI=1S/C18H28O3/c1-3-5-10-14-20-18(21-15-11-6-4-2)17(19)16-12-8-7-9-13-16/h7-9,12-13,18H,3-6,10-11,14-15H2,1-2H3. The second-order valence-electron chi connectivity index (χ2n) is 5.22. The maximum absolute atomic E-state index is 12.4. The number of hydrogen-bond donors (Lipinski definition) is 0. The average molecular weight is 292 g/mol. The third-order valence-corrected chi connectivity index (χ3v) is 3.31. The fourth-order valence-corrected chi connectivity index (χ4v) is 2.02. The molecule has 0 aliphatic heterocycles. The number of Topliss-reactive ketones (excluding diaryl/α,β-unsaturated/α-hetero) is 1. The Balaban J connectivity index is 2.51. The third-order valence-electron chi connectivity index (χ3n) is 3.31. The lowest BCUT2D eigenvalue weighted by Crippen LogP contribution is -2.28. The Hall–Kier alpha value is -1.19. The lowest BCUT2D eigenvalue weighted by Gasteiger charge is -2.17. The van der Waals surface area contributed by atoms with Gasteiger partial charge in [-0.3, -0.25) is 4.79 Å². The summed E-state index contributed by atoms with van der Waals surface area (Å²) in [4.78, 5) is 12.4. The lowest BCUT2D eigenvalue weighted by molar-refractivity contribution is -0.115. The van der Waals surface area contributed by atoms with Gasteiger partial charge in [-0.05, 0) is 12.8 Å². The van der Waals surface area contributed by atoms with Crippen LogP contribution >= 0.6 is 0 Å². The molecule has 1 rings (SSSR count). The van der Waals surface area contributed by atoms with Crippen LogP contribution in [0.1, 0.15) is 62.7 Å².